The van der Waals surface area contributed by atoms with Crippen molar-refractivity contribution in [3.63, 3.8) is 0 Å². The second-order valence-corrected chi connectivity index (χ2v) is 9.83. The normalized spacial score (nSPS) is 19.8. The molecular formula is C25H30Cl2N4. The van der Waals surface area contributed by atoms with E-state index in [1.165, 1.54) is 50.9 Å². The Kier molecular flexibility index (Phi) is 6.14. The average Bonchev–Trinajstić information content (AvgIpc) is 3.23. The Labute approximate surface area is 194 Å². The number of nitrogens with zero attached hydrogens (tertiary/aromatic N) is 4. The summed E-state index contributed by atoms with van der Waals surface area (Å²) in [6.45, 7) is 6.67. The summed E-state index contributed by atoms with van der Waals surface area (Å²) in [4.78, 5) is 9.89. The predicted octanol–water partition coefficient (Wildman–Crippen LogP) is 6.41. The van der Waals surface area contributed by atoms with Gasteiger partial charge in [-0.25, -0.2) is 4.98 Å². The first-order valence-electron chi connectivity index (χ1n) is 11.5. The van der Waals surface area contributed by atoms with E-state index in [0.29, 0.717) is 10.0 Å². The van der Waals surface area contributed by atoms with Gasteiger partial charge in [-0.15, -0.1) is 0 Å². The van der Waals surface area contributed by atoms with E-state index in [-0.39, 0.29) is 6.04 Å². The fraction of sp³-hybridized carbons (Fsp3) is 0.480. The van der Waals surface area contributed by atoms with Gasteiger partial charge in [0.05, 0.1) is 23.4 Å². The molecule has 6 heteroatoms. The largest absolute Gasteiger partial charge is 0.369 e. The van der Waals surface area contributed by atoms with Crippen molar-refractivity contribution < 1.29 is 0 Å². The van der Waals surface area contributed by atoms with Crippen molar-refractivity contribution in [2.75, 3.05) is 31.1 Å². The lowest BCUT2D eigenvalue weighted by atomic mass is 9.94. The maximum Gasteiger partial charge on any atom is 0.0964 e. The summed E-state index contributed by atoms with van der Waals surface area (Å²) < 4.78 is 2.21. The van der Waals surface area contributed by atoms with Gasteiger partial charge in [0.25, 0.3) is 0 Å². The zero-order valence-electron chi connectivity index (χ0n) is 18.1. The van der Waals surface area contributed by atoms with Gasteiger partial charge in [0.2, 0.25) is 0 Å². The highest BCUT2D eigenvalue weighted by Crippen LogP contribution is 2.32. The fourth-order valence-electron chi connectivity index (χ4n) is 5.30. The van der Waals surface area contributed by atoms with Crippen LogP contribution in [0.15, 0.2) is 42.7 Å². The highest BCUT2D eigenvalue weighted by Gasteiger charge is 2.25. The molecule has 2 heterocycles. The van der Waals surface area contributed by atoms with E-state index in [9.17, 15) is 0 Å². The summed E-state index contributed by atoms with van der Waals surface area (Å²) >= 11 is 12.6. The summed E-state index contributed by atoms with van der Waals surface area (Å²) in [6, 6.07) is 13.3. The summed E-state index contributed by atoms with van der Waals surface area (Å²) in [6.07, 6.45) is 8.92. The van der Waals surface area contributed by atoms with E-state index in [1.54, 1.807) is 0 Å². The molecule has 0 spiro atoms. The van der Waals surface area contributed by atoms with E-state index in [4.69, 9.17) is 23.2 Å². The van der Waals surface area contributed by atoms with Gasteiger partial charge in [-0.2, -0.15) is 0 Å². The molecule has 2 fully saturated rings. The molecule has 0 bridgehead atoms. The van der Waals surface area contributed by atoms with Crippen molar-refractivity contribution in [3.05, 3.63) is 58.3 Å². The molecule has 1 aliphatic carbocycles. The van der Waals surface area contributed by atoms with Gasteiger partial charge in [0.1, 0.15) is 0 Å². The van der Waals surface area contributed by atoms with Crippen LogP contribution in [0.3, 0.4) is 0 Å². The first-order chi connectivity index (χ1) is 15.1. The fourth-order valence-corrected chi connectivity index (χ4v) is 5.87. The Hall–Kier alpha value is -1.75. The molecular weight excluding hydrogens is 427 g/mol. The molecule has 31 heavy (non-hydrogen) atoms. The summed E-state index contributed by atoms with van der Waals surface area (Å²) in [7, 11) is 0. The first-order valence-corrected chi connectivity index (χ1v) is 12.3. The van der Waals surface area contributed by atoms with E-state index >= 15 is 0 Å². The lowest BCUT2D eigenvalue weighted by Crippen LogP contribution is -2.50. The minimum Gasteiger partial charge on any atom is -0.369 e. The van der Waals surface area contributed by atoms with E-state index in [2.05, 4.69) is 44.5 Å². The van der Waals surface area contributed by atoms with Crippen molar-refractivity contribution in [2.45, 2.75) is 51.1 Å². The van der Waals surface area contributed by atoms with E-state index in [0.717, 1.165) is 35.7 Å². The smallest absolute Gasteiger partial charge is 0.0964 e. The molecule has 1 unspecified atom stereocenters. The Bertz CT molecular complexity index is 1050. The second kappa shape index (κ2) is 9.01. The molecule has 5 rings (SSSR count). The van der Waals surface area contributed by atoms with Gasteiger partial charge in [0.15, 0.2) is 0 Å². The maximum atomic E-state index is 6.49. The van der Waals surface area contributed by atoms with Crippen LogP contribution in [0.5, 0.6) is 0 Å². The topological polar surface area (TPSA) is 24.3 Å². The van der Waals surface area contributed by atoms with Crippen molar-refractivity contribution >= 4 is 39.9 Å². The Morgan fingerprint density at radius 3 is 2.45 bits per heavy atom. The van der Waals surface area contributed by atoms with E-state index < -0.39 is 0 Å². The van der Waals surface area contributed by atoms with Crippen LogP contribution >= 0.6 is 23.2 Å². The zero-order chi connectivity index (χ0) is 21.4. The molecule has 1 atom stereocenters. The van der Waals surface area contributed by atoms with Crippen LogP contribution in [-0.4, -0.2) is 46.7 Å². The Morgan fingerprint density at radius 2 is 1.71 bits per heavy atom. The predicted molar refractivity (Wildman–Crippen MR) is 131 cm³/mol. The Morgan fingerprint density at radius 1 is 0.935 bits per heavy atom. The third-order valence-corrected chi connectivity index (χ3v) is 7.72. The minimum absolute atomic E-state index is 0.0770. The zero-order valence-corrected chi connectivity index (χ0v) is 19.6. The minimum atomic E-state index is 0.0770. The van der Waals surface area contributed by atoms with Crippen molar-refractivity contribution in [3.8, 4) is 0 Å². The number of hydrogen-bond donors (Lipinski definition) is 0. The van der Waals surface area contributed by atoms with Gasteiger partial charge in [-0.1, -0.05) is 48.5 Å². The molecule has 0 amide bonds. The number of fused-ring (bicyclic) bond motifs is 1. The second-order valence-electron chi connectivity index (χ2n) is 8.98. The number of imidazole rings is 1. The molecule has 2 aliphatic rings. The number of halogens is 2. The van der Waals surface area contributed by atoms with Crippen molar-refractivity contribution in [2.24, 2.45) is 0 Å². The van der Waals surface area contributed by atoms with Crippen molar-refractivity contribution in [1.82, 2.24) is 14.5 Å². The third-order valence-electron chi connectivity index (χ3n) is 7.16. The van der Waals surface area contributed by atoms with Gasteiger partial charge < -0.3 is 9.47 Å². The molecule has 1 saturated heterocycles. The maximum absolute atomic E-state index is 6.49. The lowest BCUT2D eigenvalue weighted by Gasteiger charge is -2.41. The van der Waals surface area contributed by atoms with E-state index in [1.807, 2.05) is 24.5 Å². The van der Waals surface area contributed by atoms with Gasteiger partial charge in [0, 0.05) is 48.0 Å². The molecule has 1 aliphatic heterocycles. The van der Waals surface area contributed by atoms with Crippen LogP contribution < -0.4 is 4.90 Å². The molecule has 1 saturated carbocycles. The number of anilines is 1. The molecule has 0 radical (unpaired) electrons. The highest BCUT2D eigenvalue weighted by molar-refractivity contribution is 6.35. The van der Waals surface area contributed by atoms with Crippen LogP contribution in [0, 0.1) is 0 Å². The Balaban J connectivity index is 1.35. The number of hydrogen-bond acceptors (Lipinski definition) is 3. The molecule has 3 aromatic rings. The van der Waals surface area contributed by atoms with Crippen LogP contribution in [0.1, 0.15) is 50.6 Å². The van der Waals surface area contributed by atoms with Crippen LogP contribution in [0.2, 0.25) is 10.0 Å². The number of benzene rings is 2. The quantitative estimate of drug-likeness (QED) is 0.453. The van der Waals surface area contributed by atoms with Crippen LogP contribution in [-0.2, 0) is 0 Å². The molecule has 2 aromatic carbocycles. The van der Waals surface area contributed by atoms with Crippen molar-refractivity contribution in [1.29, 1.82) is 0 Å². The molecule has 164 valence electrons. The molecule has 0 N–H and O–H groups in total. The monoisotopic (exact) mass is 456 g/mol. The number of piperazine rings is 1. The third kappa shape index (κ3) is 4.30. The standard InChI is InChI=1S/C25H30Cl2N4/c1-18(22-9-7-19(26)15-23(22)27)31-17-28-24-10-8-21(16-25(24)31)30-13-11-29(12-14-30)20-5-3-2-4-6-20/h7-10,15-18,20H,2-6,11-14H2,1H3. The van der Waals surface area contributed by atoms with Crippen LogP contribution in [0.25, 0.3) is 11.0 Å². The number of rotatable bonds is 4. The first kappa shape index (κ1) is 21.1. The van der Waals surface area contributed by atoms with Gasteiger partial charge >= 0.3 is 0 Å². The summed E-state index contributed by atoms with van der Waals surface area (Å²) in [5, 5.41) is 1.35. The molecule has 4 nitrogen and oxygen atoms in total. The van der Waals surface area contributed by atoms with Gasteiger partial charge in [-0.3, -0.25) is 4.90 Å². The van der Waals surface area contributed by atoms with Gasteiger partial charge in [-0.05, 0) is 55.7 Å². The summed E-state index contributed by atoms with van der Waals surface area (Å²) in [5.74, 6) is 0. The average molecular weight is 457 g/mol. The molecule has 1 aromatic heterocycles. The SMILES string of the molecule is CC(c1ccc(Cl)cc1Cl)n1cnc2ccc(N3CCN(C4CCCCC4)CC3)cc21. The lowest BCUT2D eigenvalue weighted by molar-refractivity contribution is 0.148. The van der Waals surface area contributed by atoms with Crippen LogP contribution in [0.4, 0.5) is 5.69 Å². The summed E-state index contributed by atoms with van der Waals surface area (Å²) in [5.41, 5.74) is 4.50. The number of aromatic nitrogens is 2. The highest BCUT2D eigenvalue weighted by atomic mass is 35.5.